The van der Waals surface area contributed by atoms with Gasteiger partial charge in [0.2, 0.25) is 0 Å². The van der Waals surface area contributed by atoms with Gasteiger partial charge in [0.05, 0.1) is 12.0 Å². The summed E-state index contributed by atoms with van der Waals surface area (Å²) >= 11 is 0. The molecule has 0 radical (unpaired) electrons. The first kappa shape index (κ1) is 14.8. The van der Waals surface area contributed by atoms with Crippen molar-refractivity contribution in [2.24, 2.45) is 5.41 Å². The lowest BCUT2D eigenvalue weighted by Gasteiger charge is -2.42. The van der Waals surface area contributed by atoms with Crippen molar-refractivity contribution < 1.29 is 14.7 Å². The van der Waals surface area contributed by atoms with Crippen molar-refractivity contribution in [3.63, 3.8) is 0 Å². The number of urea groups is 1. The van der Waals surface area contributed by atoms with Crippen LogP contribution in [0.15, 0.2) is 0 Å². The number of carbonyl (C=O) groups is 2. The highest BCUT2D eigenvalue weighted by atomic mass is 16.4. The van der Waals surface area contributed by atoms with E-state index in [1.165, 1.54) is 0 Å². The number of amides is 2. The predicted octanol–water partition coefficient (Wildman–Crippen LogP) is 2.12. The van der Waals surface area contributed by atoms with E-state index in [0.29, 0.717) is 0 Å². The fraction of sp³-hybridized carbons (Fsp3) is 0.846. The number of hydrogen-bond acceptors (Lipinski definition) is 2. The molecule has 0 aromatic rings. The van der Waals surface area contributed by atoms with Gasteiger partial charge in [-0.15, -0.1) is 0 Å². The molecule has 1 rings (SSSR count). The van der Waals surface area contributed by atoms with Crippen LogP contribution in [-0.4, -0.2) is 28.7 Å². The zero-order valence-corrected chi connectivity index (χ0v) is 11.7. The van der Waals surface area contributed by atoms with Crippen LogP contribution in [0, 0.1) is 5.41 Å². The second-order valence-corrected chi connectivity index (χ2v) is 6.39. The summed E-state index contributed by atoms with van der Waals surface area (Å²) < 4.78 is 0. The summed E-state index contributed by atoms with van der Waals surface area (Å²) in [6.07, 6.45) is 2.47. The molecule has 1 aliphatic carbocycles. The van der Waals surface area contributed by atoms with Crippen LogP contribution in [0.5, 0.6) is 0 Å². The quantitative estimate of drug-likeness (QED) is 0.721. The first-order valence-corrected chi connectivity index (χ1v) is 6.45. The van der Waals surface area contributed by atoms with Gasteiger partial charge in [-0.3, -0.25) is 4.79 Å². The first-order chi connectivity index (χ1) is 8.15. The second kappa shape index (κ2) is 5.16. The van der Waals surface area contributed by atoms with Crippen molar-refractivity contribution >= 4 is 12.0 Å². The molecular weight excluding hydrogens is 232 g/mol. The maximum absolute atomic E-state index is 11.9. The maximum atomic E-state index is 11.9. The predicted molar refractivity (Wildman–Crippen MR) is 69.4 cm³/mol. The van der Waals surface area contributed by atoms with Gasteiger partial charge in [0.25, 0.3) is 0 Å². The van der Waals surface area contributed by atoms with Crippen LogP contribution in [0.1, 0.15) is 53.4 Å². The van der Waals surface area contributed by atoms with Gasteiger partial charge in [0.1, 0.15) is 0 Å². The Morgan fingerprint density at radius 3 is 2.22 bits per heavy atom. The third kappa shape index (κ3) is 3.89. The van der Waals surface area contributed by atoms with Crippen molar-refractivity contribution in [2.45, 2.75) is 65.0 Å². The molecule has 1 fully saturated rings. The molecule has 1 unspecified atom stereocenters. The van der Waals surface area contributed by atoms with Gasteiger partial charge < -0.3 is 15.7 Å². The standard InChI is InChI=1S/C13H24N2O3/c1-9(12(2,3)4)14-11(18)15-13(6-5-7-13)8-10(16)17/h9H,5-8H2,1-4H3,(H,16,17)(H2,14,15,18). The van der Waals surface area contributed by atoms with Crippen molar-refractivity contribution in [1.82, 2.24) is 10.6 Å². The van der Waals surface area contributed by atoms with Gasteiger partial charge in [0, 0.05) is 6.04 Å². The number of nitrogens with one attached hydrogen (secondary N) is 2. The van der Waals surface area contributed by atoms with Crippen LogP contribution >= 0.6 is 0 Å². The fourth-order valence-electron chi connectivity index (χ4n) is 1.93. The summed E-state index contributed by atoms with van der Waals surface area (Å²) in [6.45, 7) is 8.10. The van der Waals surface area contributed by atoms with Gasteiger partial charge in [-0.25, -0.2) is 4.79 Å². The SMILES string of the molecule is CC(NC(=O)NC1(CC(=O)O)CCC1)C(C)(C)C. The van der Waals surface area contributed by atoms with E-state index in [1.54, 1.807) is 0 Å². The molecule has 104 valence electrons. The van der Waals surface area contributed by atoms with E-state index in [4.69, 9.17) is 5.11 Å². The highest BCUT2D eigenvalue weighted by Gasteiger charge is 2.40. The van der Waals surface area contributed by atoms with E-state index in [0.717, 1.165) is 19.3 Å². The summed E-state index contributed by atoms with van der Waals surface area (Å²) in [5, 5.41) is 14.6. The number of carboxylic acid groups (broad SMARTS) is 1. The highest BCUT2D eigenvalue weighted by molar-refractivity contribution is 5.77. The van der Waals surface area contributed by atoms with Gasteiger partial charge >= 0.3 is 12.0 Å². The van der Waals surface area contributed by atoms with Crippen LogP contribution in [0.25, 0.3) is 0 Å². The molecular formula is C13H24N2O3. The van der Waals surface area contributed by atoms with Crippen molar-refractivity contribution in [1.29, 1.82) is 0 Å². The molecule has 1 atom stereocenters. The van der Waals surface area contributed by atoms with Crippen molar-refractivity contribution in [2.75, 3.05) is 0 Å². The maximum Gasteiger partial charge on any atom is 0.315 e. The first-order valence-electron chi connectivity index (χ1n) is 6.45. The van der Waals surface area contributed by atoms with E-state index < -0.39 is 11.5 Å². The molecule has 3 N–H and O–H groups in total. The molecule has 0 heterocycles. The average molecular weight is 256 g/mol. The van der Waals surface area contributed by atoms with Crippen LogP contribution in [0.2, 0.25) is 0 Å². The normalized spacial score (nSPS) is 19.6. The minimum atomic E-state index is -0.862. The number of carboxylic acids is 1. The molecule has 0 aromatic carbocycles. The molecule has 5 heteroatoms. The number of aliphatic carboxylic acids is 1. The Morgan fingerprint density at radius 1 is 1.33 bits per heavy atom. The summed E-state index contributed by atoms with van der Waals surface area (Å²) in [5.74, 6) is -0.862. The Kier molecular flexibility index (Phi) is 4.24. The monoisotopic (exact) mass is 256 g/mol. The Labute approximate surface area is 108 Å². The molecule has 2 amide bonds. The molecule has 0 bridgehead atoms. The van der Waals surface area contributed by atoms with E-state index in [1.807, 2.05) is 27.7 Å². The zero-order valence-electron chi connectivity index (χ0n) is 11.7. The third-order valence-electron chi connectivity index (χ3n) is 3.83. The average Bonchev–Trinajstić information content (AvgIpc) is 2.11. The van der Waals surface area contributed by atoms with Gasteiger partial charge in [0.15, 0.2) is 0 Å². The van der Waals surface area contributed by atoms with Crippen molar-refractivity contribution in [3.05, 3.63) is 0 Å². The Hall–Kier alpha value is -1.26. The highest BCUT2D eigenvalue weighted by Crippen LogP contribution is 2.34. The summed E-state index contributed by atoms with van der Waals surface area (Å²) in [6, 6.07) is -0.238. The Morgan fingerprint density at radius 2 is 1.89 bits per heavy atom. The topological polar surface area (TPSA) is 78.4 Å². The molecule has 0 spiro atoms. The Bertz CT molecular complexity index is 330. The van der Waals surface area contributed by atoms with Gasteiger partial charge in [-0.1, -0.05) is 20.8 Å². The second-order valence-electron chi connectivity index (χ2n) is 6.39. The minimum absolute atomic E-state index is 0.00428. The van der Waals surface area contributed by atoms with E-state index in [-0.39, 0.29) is 23.9 Å². The van der Waals surface area contributed by atoms with Crippen LogP contribution < -0.4 is 10.6 Å². The molecule has 5 nitrogen and oxygen atoms in total. The lowest BCUT2D eigenvalue weighted by atomic mass is 9.74. The van der Waals surface area contributed by atoms with Crippen LogP contribution in [0.4, 0.5) is 4.79 Å². The third-order valence-corrected chi connectivity index (χ3v) is 3.83. The molecule has 1 saturated carbocycles. The number of carbonyl (C=O) groups excluding carboxylic acids is 1. The zero-order chi connectivity index (χ0) is 14.0. The molecule has 0 aromatic heterocycles. The van der Waals surface area contributed by atoms with E-state index in [9.17, 15) is 9.59 Å². The summed E-state index contributed by atoms with van der Waals surface area (Å²) in [7, 11) is 0. The summed E-state index contributed by atoms with van der Waals surface area (Å²) in [5.41, 5.74) is -0.551. The van der Waals surface area contributed by atoms with Crippen LogP contribution in [-0.2, 0) is 4.79 Å². The Balaban J connectivity index is 2.51. The fourth-order valence-corrected chi connectivity index (χ4v) is 1.93. The van der Waals surface area contributed by atoms with Crippen molar-refractivity contribution in [3.8, 4) is 0 Å². The van der Waals surface area contributed by atoms with Crippen LogP contribution in [0.3, 0.4) is 0 Å². The molecule has 0 saturated heterocycles. The minimum Gasteiger partial charge on any atom is -0.481 e. The van der Waals surface area contributed by atoms with Gasteiger partial charge in [-0.05, 0) is 31.6 Å². The van der Waals surface area contributed by atoms with E-state index >= 15 is 0 Å². The number of hydrogen-bond donors (Lipinski definition) is 3. The molecule has 0 aliphatic heterocycles. The lowest BCUT2D eigenvalue weighted by molar-refractivity contribution is -0.139. The number of rotatable bonds is 4. The molecule has 18 heavy (non-hydrogen) atoms. The van der Waals surface area contributed by atoms with Gasteiger partial charge in [-0.2, -0.15) is 0 Å². The lowest BCUT2D eigenvalue weighted by Crippen LogP contribution is -2.59. The molecule has 1 aliphatic rings. The largest absolute Gasteiger partial charge is 0.481 e. The summed E-state index contributed by atoms with van der Waals surface area (Å²) in [4.78, 5) is 22.7. The smallest absolute Gasteiger partial charge is 0.315 e. The van der Waals surface area contributed by atoms with E-state index in [2.05, 4.69) is 10.6 Å².